The van der Waals surface area contributed by atoms with Gasteiger partial charge in [0.1, 0.15) is 0 Å². The van der Waals surface area contributed by atoms with Crippen LogP contribution >= 0.6 is 0 Å². The number of hydrogen-bond acceptors (Lipinski definition) is 5. The van der Waals surface area contributed by atoms with Gasteiger partial charge in [-0.15, -0.1) is 0 Å². The van der Waals surface area contributed by atoms with Crippen molar-refractivity contribution in [1.82, 2.24) is 24.5 Å². The number of piperidine rings is 2. The summed E-state index contributed by atoms with van der Waals surface area (Å²) in [6.45, 7) is 23.3. The van der Waals surface area contributed by atoms with Gasteiger partial charge >= 0.3 is 0 Å². The molecule has 5 aliphatic rings. The third-order valence-electron chi connectivity index (χ3n) is 8.63. The quantitative estimate of drug-likeness (QED) is 0.281. The molecule has 5 heterocycles. The molecule has 5 rings (SSSR count). The van der Waals surface area contributed by atoms with Crippen LogP contribution in [0.25, 0.3) is 0 Å². The van der Waals surface area contributed by atoms with Gasteiger partial charge in [0.15, 0.2) is 0 Å². The van der Waals surface area contributed by atoms with Crippen LogP contribution in [0.4, 0.5) is 0 Å². The minimum atomic E-state index is 0. The SMILES string of the molecule is C.C.C.C.C.CC1CCCN(C)C1.CC1CCCN1C.CC1CCN(C)C1.CC1CCN(C)CC1.CC1CN(C)C1. The van der Waals surface area contributed by atoms with Crippen molar-refractivity contribution in [3.05, 3.63) is 0 Å². The van der Waals surface area contributed by atoms with E-state index in [1.54, 1.807) is 0 Å². The summed E-state index contributed by atoms with van der Waals surface area (Å²) in [5.41, 5.74) is 0. The summed E-state index contributed by atoms with van der Waals surface area (Å²) in [6.07, 6.45) is 9.83. The van der Waals surface area contributed by atoms with E-state index in [4.69, 9.17) is 0 Å². The summed E-state index contributed by atoms with van der Waals surface area (Å²) in [4.78, 5) is 11.9. The molecule has 5 fully saturated rings. The fourth-order valence-corrected chi connectivity index (χ4v) is 5.80. The molecule has 0 N–H and O–H groups in total. The van der Waals surface area contributed by atoms with E-state index in [9.17, 15) is 0 Å². The van der Waals surface area contributed by atoms with Crippen LogP contribution in [0.15, 0.2) is 0 Å². The standard InChI is InChI=1S/2C7H15N.2C6H13N.C5H11N.5CH4/c1-7-3-5-8(2)6-4-7;1-7-4-3-5-8(2)6-7;1-6-3-4-7(2)5-6;1-6-4-3-5-7(6)2;1-5-3-6(2)4-5;;;;;/h2*7H,3-6H2,1-2H3;2*6H,3-5H2,1-2H3;5H,3-4H2,1-2H3;5*1H4. The van der Waals surface area contributed by atoms with E-state index in [1.165, 1.54) is 104 Å². The van der Waals surface area contributed by atoms with Crippen molar-refractivity contribution in [2.75, 3.05) is 94.1 Å². The molecule has 0 spiro atoms. The topological polar surface area (TPSA) is 16.2 Å². The molecule has 0 saturated carbocycles. The normalized spacial score (nSPS) is 27.2. The van der Waals surface area contributed by atoms with Crippen LogP contribution in [0.1, 0.15) is 117 Å². The van der Waals surface area contributed by atoms with Crippen molar-refractivity contribution in [2.24, 2.45) is 23.7 Å². The van der Waals surface area contributed by atoms with Gasteiger partial charge in [0.05, 0.1) is 0 Å². The van der Waals surface area contributed by atoms with Gasteiger partial charge in [0.25, 0.3) is 0 Å². The Labute approximate surface area is 264 Å². The Morgan fingerprint density at radius 1 is 0.366 bits per heavy atom. The molecule has 256 valence electrons. The number of rotatable bonds is 0. The largest absolute Gasteiger partial charge is 0.306 e. The van der Waals surface area contributed by atoms with Gasteiger partial charge in [-0.05, 0) is 144 Å². The smallest absolute Gasteiger partial charge is 0.00643 e. The first-order chi connectivity index (χ1) is 17.0. The molecular formula is C36H87N5. The summed E-state index contributed by atoms with van der Waals surface area (Å²) >= 11 is 0. The highest BCUT2D eigenvalue weighted by molar-refractivity contribution is 4.72. The second-order valence-corrected chi connectivity index (χ2v) is 13.4. The zero-order valence-corrected chi connectivity index (χ0v) is 26.4. The van der Waals surface area contributed by atoms with E-state index in [1.807, 2.05) is 0 Å². The summed E-state index contributed by atoms with van der Waals surface area (Å²) in [7, 11) is 10.9. The zero-order chi connectivity index (χ0) is 27.1. The maximum Gasteiger partial charge on any atom is 0.00643 e. The summed E-state index contributed by atoms with van der Waals surface area (Å²) in [5, 5.41) is 0. The maximum atomic E-state index is 2.41. The predicted molar refractivity (Wildman–Crippen MR) is 195 cm³/mol. The predicted octanol–water partition coefficient (Wildman–Crippen LogP) is 8.50. The third-order valence-corrected chi connectivity index (χ3v) is 8.63. The molecule has 41 heavy (non-hydrogen) atoms. The molecule has 3 unspecified atom stereocenters. The van der Waals surface area contributed by atoms with Crippen LogP contribution < -0.4 is 0 Å². The molecule has 5 nitrogen and oxygen atoms in total. The maximum absolute atomic E-state index is 2.41. The molecule has 0 bridgehead atoms. The van der Waals surface area contributed by atoms with E-state index >= 15 is 0 Å². The average Bonchev–Trinajstić information content (AvgIpc) is 3.37. The average molecular weight is 590 g/mol. The fourth-order valence-electron chi connectivity index (χ4n) is 5.80. The number of hydrogen-bond donors (Lipinski definition) is 0. The third kappa shape index (κ3) is 26.0. The lowest BCUT2D eigenvalue weighted by Crippen LogP contribution is -2.41. The number of likely N-dealkylation sites (tertiary alicyclic amines) is 5. The van der Waals surface area contributed by atoms with Gasteiger partial charge in [-0.25, -0.2) is 0 Å². The van der Waals surface area contributed by atoms with Crippen LogP contribution in [-0.2, 0) is 0 Å². The van der Waals surface area contributed by atoms with E-state index in [2.05, 4.69) is 94.4 Å². The van der Waals surface area contributed by atoms with Crippen LogP contribution in [0.5, 0.6) is 0 Å². The van der Waals surface area contributed by atoms with E-state index < -0.39 is 0 Å². The lowest BCUT2D eigenvalue weighted by molar-refractivity contribution is 0.149. The first kappa shape index (κ1) is 50.4. The molecule has 0 aliphatic carbocycles. The highest BCUT2D eigenvalue weighted by Crippen LogP contribution is 2.15. The minimum Gasteiger partial charge on any atom is -0.306 e. The van der Waals surface area contributed by atoms with Crippen LogP contribution in [0, 0.1) is 23.7 Å². The Hall–Kier alpha value is -0.200. The second kappa shape index (κ2) is 28.6. The van der Waals surface area contributed by atoms with Crippen LogP contribution in [0.2, 0.25) is 0 Å². The summed E-state index contributed by atoms with van der Waals surface area (Å²) < 4.78 is 0. The Morgan fingerprint density at radius 3 is 0.951 bits per heavy atom. The molecule has 5 aliphatic heterocycles. The van der Waals surface area contributed by atoms with E-state index in [-0.39, 0.29) is 37.1 Å². The Balaban J connectivity index is -0.000000128. The second-order valence-electron chi connectivity index (χ2n) is 13.4. The van der Waals surface area contributed by atoms with Crippen LogP contribution in [-0.4, -0.2) is 125 Å². The monoisotopic (exact) mass is 590 g/mol. The molecule has 0 aromatic rings. The first-order valence-corrected chi connectivity index (χ1v) is 15.4. The highest BCUT2D eigenvalue weighted by Gasteiger charge is 2.17. The first-order valence-electron chi connectivity index (χ1n) is 15.4. The molecule has 0 aromatic heterocycles. The molecule has 5 heteroatoms. The van der Waals surface area contributed by atoms with Crippen molar-refractivity contribution in [3.8, 4) is 0 Å². The molecule has 5 saturated heterocycles. The van der Waals surface area contributed by atoms with Crippen molar-refractivity contribution in [1.29, 1.82) is 0 Å². The Bertz CT molecular complexity index is 476. The van der Waals surface area contributed by atoms with Gasteiger partial charge in [-0.2, -0.15) is 0 Å². The Kier molecular flexibility index (Phi) is 35.1. The van der Waals surface area contributed by atoms with Gasteiger partial charge in [-0.1, -0.05) is 64.8 Å². The lowest BCUT2D eigenvalue weighted by atomic mass is 10.00. The van der Waals surface area contributed by atoms with Crippen molar-refractivity contribution in [2.45, 2.75) is 123 Å². The Morgan fingerprint density at radius 2 is 0.756 bits per heavy atom. The van der Waals surface area contributed by atoms with Crippen molar-refractivity contribution < 1.29 is 0 Å². The van der Waals surface area contributed by atoms with Gasteiger partial charge in [0, 0.05) is 32.2 Å². The minimum absolute atomic E-state index is 0. The van der Waals surface area contributed by atoms with Crippen LogP contribution in [0.3, 0.4) is 0 Å². The van der Waals surface area contributed by atoms with Gasteiger partial charge in [-0.3, -0.25) is 0 Å². The van der Waals surface area contributed by atoms with Gasteiger partial charge < -0.3 is 24.5 Å². The molecule has 0 radical (unpaired) electrons. The lowest BCUT2D eigenvalue weighted by Gasteiger charge is -2.33. The van der Waals surface area contributed by atoms with Crippen molar-refractivity contribution in [3.63, 3.8) is 0 Å². The summed E-state index contributed by atoms with van der Waals surface area (Å²) in [5.74, 6) is 3.83. The van der Waals surface area contributed by atoms with E-state index in [0.717, 1.165) is 29.7 Å². The van der Waals surface area contributed by atoms with Gasteiger partial charge in [0.2, 0.25) is 0 Å². The molecule has 0 amide bonds. The van der Waals surface area contributed by atoms with E-state index in [0.29, 0.717) is 0 Å². The number of nitrogens with zero attached hydrogens (tertiary/aromatic N) is 5. The molecule has 0 aromatic carbocycles. The summed E-state index contributed by atoms with van der Waals surface area (Å²) in [6, 6.07) is 0.847. The van der Waals surface area contributed by atoms with Crippen molar-refractivity contribution >= 4 is 0 Å². The zero-order valence-electron chi connectivity index (χ0n) is 26.4. The highest BCUT2D eigenvalue weighted by atomic mass is 15.2. The molecule has 3 atom stereocenters. The molecular weight excluding hydrogens is 502 g/mol. The fraction of sp³-hybridized carbons (Fsp3) is 1.00.